The molecule has 0 atom stereocenters. The highest BCUT2D eigenvalue weighted by atomic mass is 33.1. The van der Waals surface area contributed by atoms with Crippen molar-refractivity contribution in [2.24, 2.45) is 0 Å². The van der Waals surface area contributed by atoms with Gasteiger partial charge in [0, 0.05) is 0 Å². The van der Waals surface area contributed by atoms with Gasteiger partial charge in [0.2, 0.25) is 0 Å². The molecule has 3 aromatic carbocycles. The first-order chi connectivity index (χ1) is 10.4. The second kappa shape index (κ2) is 5.84. The maximum absolute atomic E-state index is 2.28. The molecule has 0 radical (unpaired) electrons. The SMILES string of the molecule is c1ccc(S[S+]2c3ccccc3Sc3ccccc32)cc1. The van der Waals surface area contributed by atoms with Crippen LogP contribution in [0.5, 0.6) is 0 Å². The van der Waals surface area contributed by atoms with E-state index in [1.807, 2.05) is 22.6 Å². The Morgan fingerprint density at radius 2 is 1.14 bits per heavy atom. The van der Waals surface area contributed by atoms with Crippen LogP contribution < -0.4 is 0 Å². The topological polar surface area (TPSA) is 0 Å². The fourth-order valence-corrected chi connectivity index (χ4v) is 8.31. The van der Waals surface area contributed by atoms with Gasteiger partial charge in [0.05, 0.1) is 14.7 Å². The summed E-state index contributed by atoms with van der Waals surface area (Å²) < 4.78 is 0. The highest BCUT2D eigenvalue weighted by molar-refractivity contribution is 8.74. The van der Waals surface area contributed by atoms with Crippen molar-refractivity contribution in [2.75, 3.05) is 0 Å². The van der Waals surface area contributed by atoms with Crippen molar-refractivity contribution in [2.45, 2.75) is 24.5 Å². The van der Waals surface area contributed by atoms with Crippen LogP contribution in [-0.2, 0) is 9.93 Å². The lowest BCUT2D eigenvalue weighted by Crippen LogP contribution is -2.06. The molecule has 0 fully saturated rings. The van der Waals surface area contributed by atoms with E-state index >= 15 is 0 Å². The van der Waals surface area contributed by atoms with E-state index in [1.165, 1.54) is 24.5 Å². The van der Waals surface area contributed by atoms with Crippen LogP contribution in [0.2, 0.25) is 0 Å². The molecule has 3 aromatic rings. The molecule has 0 nitrogen and oxygen atoms in total. The summed E-state index contributed by atoms with van der Waals surface area (Å²) in [6.07, 6.45) is 0. The zero-order valence-electron chi connectivity index (χ0n) is 11.2. The Balaban J connectivity index is 1.82. The van der Waals surface area contributed by atoms with Gasteiger partial charge in [0.1, 0.15) is 20.7 Å². The third kappa shape index (κ3) is 2.61. The third-order valence-corrected chi connectivity index (χ3v) is 8.95. The highest BCUT2D eigenvalue weighted by Gasteiger charge is 2.37. The smallest absolute Gasteiger partial charge is 0.0794 e. The lowest BCUT2D eigenvalue weighted by molar-refractivity contribution is 1.15. The van der Waals surface area contributed by atoms with Gasteiger partial charge in [-0.25, -0.2) is 0 Å². The van der Waals surface area contributed by atoms with Crippen molar-refractivity contribution in [3.05, 3.63) is 78.9 Å². The van der Waals surface area contributed by atoms with Gasteiger partial charge in [0.15, 0.2) is 9.79 Å². The molecule has 0 bridgehead atoms. The Labute approximate surface area is 135 Å². The first kappa shape index (κ1) is 13.4. The number of hydrogen-bond donors (Lipinski definition) is 0. The van der Waals surface area contributed by atoms with Crippen molar-refractivity contribution in [3.8, 4) is 0 Å². The van der Waals surface area contributed by atoms with Gasteiger partial charge in [0.25, 0.3) is 0 Å². The molecule has 1 heterocycles. The first-order valence-electron chi connectivity index (χ1n) is 6.75. The van der Waals surface area contributed by atoms with Crippen molar-refractivity contribution >= 4 is 32.5 Å². The minimum absolute atomic E-state index is 0.0503. The van der Waals surface area contributed by atoms with Crippen molar-refractivity contribution in [1.82, 2.24) is 0 Å². The van der Waals surface area contributed by atoms with Crippen LogP contribution in [0.3, 0.4) is 0 Å². The summed E-state index contributed by atoms with van der Waals surface area (Å²) in [5.74, 6) is 0. The van der Waals surface area contributed by atoms with Crippen LogP contribution in [-0.4, -0.2) is 0 Å². The number of hydrogen-bond acceptors (Lipinski definition) is 2. The first-order valence-corrected chi connectivity index (χ1v) is 10.1. The molecule has 0 saturated carbocycles. The third-order valence-electron chi connectivity index (χ3n) is 3.24. The molecule has 21 heavy (non-hydrogen) atoms. The average molecular weight is 326 g/mol. The summed E-state index contributed by atoms with van der Waals surface area (Å²) in [7, 11) is 2.01. The van der Waals surface area contributed by atoms with Gasteiger partial charge in [-0.3, -0.25) is 0 Å². The largest absolute Gasteiger partial charge is 0.188 e. The molecule has 1 aliphatic rings. The van der Waals surface area contributed by atoms with E-state index in [2.05, 4.69) is 78.9 Å². The summed E-state index contributed by atoms with van der Waals surface area (Å²) in [5.41, 5.74) is 0. The van der Waals surface area contributed by atoms with Crippen molar-refractivity contribution in [1.29, 1.82) is 0 Å². The normalized spacial score (nSPS) is 13.5. The highest BCUT2D eigenvalue weighted by Crippen LogP contribution is 2.51. The van der Waals surface area contributed by atoms with E-state index in [4.69, 9.17) is 0 Å². The summed E-state index contributed by atoms with van der Waals surface area (Å²) in [5, 5.41) is 0. The van der Waals surface area contributed by atoms with Gasteiger partial charge in [-0.1, -0.05) is 54.2 Å². The number of fused-ring (bicyclic) bond motifs is 2. The van der Waals surface area contributed by atoms with Crippen molar-refractivity contribution in [3.63, 3.8) is 0 Å². The quantitative estimate of drug-likeness (QED) is 0.425. The maximum atomic E-state index is 2.28. The molecule has 0 unspecified atom stereocenters. The monoisotopic (exact) mass is 325 g/mol. The predicted octanol–water partition coefficient (Wildman–Crippen LogP) is 5.89. The maximum Gasteiger partial charge on any atom is 0.188 e. The van der Waals surface area contributed by atoms with E-state index < -0.39 is 0 Å². The van der Waals surface area contributed by atoms with Crippen LogP contribution in [0.25, 0.3) is 0 Å². The van der Waals surface area contributed by atoms with Gasteiger partial charge in [-0.05, 0) is 36.4 Å². The summed E-state index contributed by atoms with van der Waals surface area (Å²) >= 11 is 1.89. The minimum atomic E-state index is 0.0503. The Morgan fingerprint density at radius 1 is 0.619 bits per heavy atom. The standard InChI is InChI=1S/C18H13S3/c1-2-8-14(9-3-1)20-21-17-12-6-4-10-15(17)19-16-11-5-7-13-18(16)21/h1-13H/q+1. The Kier molecular flexibility index (Phi) is 3.72. The lowest BCUT2D eigenvalue weighted by atomic mass is 10.3. The van der Waals surface area contributed by atoms with Gasteiger partial charge in [-0.2, -0.15) is 0 Å². The summed E-state index contributed by atoms with van der Waals surface area (Å²) in [4.78, 5) is 7.02. The van der Waals surface area contributed by atoms with E-state index in [0.717, 1.165) is 0 Å². The molecular weight excluding hydrogens is 312 g/mol. The predicted molar refractivity (Wildman–Crippen MR) is 93.2 cm³/mol. The molecular formula is C18H13S3+. The number of benzene rings is 3. The van der Waals surface area contributed by atoms with Crippen LogP contribution in [0.15, 0.2) is 103 Å². The van der Waals surface area contributed by atoms with E-state index in [1.54, 1.807) is 0 Å². The zero-order valence-corrected chi connectivity index (χ0v) is 13.7. The minimum Gasteiger partial charge on any atom is -0.0794 e. The van der Waals surface area contributed by atoms with Crippen LogP contribution >= 0.6 is 22.6 Å². The van der Waals surface area contributed by atoms with E-state index in [0.29, 0.717) is 0 Å². The van der Waals surface area contributed by atoms with Gasteiger partial charge < -0.3 is 0 Å². The molecule has 0 saturated heterocycles. The molecule has 4 rings (SSSR count). The van der Waals surface area contributed by atoms with Gasteiger partial charge >= 0.3 is 0 Å². The molecule has 1 aliphatic heterocycles. The molecule has 0 spiro atoms. The Morgan fingerprint density at radius 3 is 1.76 bits per heavy atom. The second-order valence-corrected chi connectivity index (χ2v) is 9.30. The molecule has 0 aromatic heterocycles. The van der Waals surface area contributed by atoms with Crippen molar-refractivity contribution < 1.29 is 0 Å². The summed E-state index contributed by atoms with van der Waals surface area (Å²) in [6.45, 7) is 0. The van der Waals surface area contributed by atoms with E-state index in [9.17, 15) is 0 Å². The molecule has 0 N–H and O–H groups in total. The molecule has 3 heteroatoms. The Bertz CT molecular complexity index is 723. The number of rotatable bonds is 2. The molecule has 102 valence electrons. The lowest BCUT2D eigenvalue weighted by Gasteiger charge is -2.17. The average Bonchev–Trinajstić information content (AvgIpc) is 2.55. The summed E-state index contributed by atoms with van der Waals surface area (Å²) in [6, 6.07) is 28.3. The Hall–Kier alpha value is -1.29. The molecule has 0 aliphatic carbocycles. The van der Waals surface area contributed by atoms with Crippen LogP contribution in [0.1, 0.15) is 0 Å². The van der Waals surface area contributed by atoms with E-state index in [-0.39, 0.29) is 9.93 Å². The van der Waals surface area contributed by atoms with Crippen LogP contribution in [0.4, 0.5) is 0 Å². The second-order valence-electron chi connectivity index (χ2n) is 4.66. The van der Waals surface area contributed by atoms with Crippen LogP contribution in [0, 0.1) is 0 Å². The zero-order chi connectivity index (χ0) is 14.1. The fraction of sp³-hybridized carbons (Fsp3) is 0. The van der Waals surface area contributed by atoms with Gasteiger partial charge in [-0.15, -0.1) is 0 Å². The fourth-order valence-electron chi connectivity index (χ4n) is 2.27. The molecule has 0 amide bonds.